The van der Waals surface area contributed by atoms with Crippen LogP contribution in [0.4, 0.5) is 0 Å². The molecule has 3 nitrogen and oxygen atoms in total. The van der Waals surface area contributed by atoms with Crippen molar-refractivity contribution in [3.05, 3.63) is 47.5 Å². The van der Waals surface area contributed by atoms with Crippen LogP contribution in [0.2, 0.25) is 5.02 Å². The summed E-state index contributed by atoms with van der Waals surface area (Å²) in [7, 11) is -3.43. The van der Waals surface area contributed by atoms with Crippen molar-refractivity contribution in [2.75, 3.05) is 0 Å². The molecule has 0 amide bonds. The summed E-state index contributed by atoms with van der Waals surface area (Å²) < 4.78 is 12.3. The van der Waals surface area contributed by atoms with E-state index in [1.165, 1.54) is 0 Å². The summed E-state index contributed by atoms with van der Waals surface area (Å²) in [5.41, 5.74) is 6.69. The van der Waals surface area contributed by atoms with Crippen LogP contribution in [0.5, 0.6) is 0 Å². The van der Waals surface area contributed by atoms with Crippen LogP contribution >= 0.6 is 19.0 Å². The first-order valence-electron chi connectivity index (χ1n) is 5.37. The van der Waals surface area contributed by atoms with Crippen molar-refractivity contribution in [2.45, 2.75) is 17.9 Å². The Morgan fingerprint density at radius 3 is 2.94 bits per heavy atom. The summed E-state index contributed by atoms with van der Waals surface area (Å²) in [5, 5.41) is -0.429. The number of halogens is 1. The molecule has 0 spiro atoms. The van der Waals surface area contributed by atoms with Crippen molar-refractivity contribution in [2.24, 2.45) is 11.7 Å². The molecule has 0 saturated heterocycles. The molecule has 92 valence electrons. The minimum Gasteiger partial charge on any atom is -0.343 e. The summed E-state index contributed by atoms with van der Waals surface area (Å²) >= 11 is 5.84. The number of benzene rings is 1. The predicted octanol–water partition coefficient (Wildman–Crippen LogP) is 2.97. The van der Waals surface area contributed by atoms with Gasteiger partial charge in [0.25, 0.3) is 0 Å². The summed E-state index contributed by atoms with van der Waals surface area (Å²) in [5.74, 6) is -0.0579. The minimum atomic E-state index is -3.43. The molecule has 0 aliphatic heterocycles. The van der Waals surface area contributed by atoms with Crippen molar-refractivity contribution < 1.29 is 9.46 Å². The van der Waals surface area contributed by atoms with Crippen molar-refractivity contribution >= 4 is 19.0 Å². The first kappa shape index (κ1) is 12.8. The SMILES string of the molecule is C=CC1CC1(N)P(=O)(O)Cc1cccc(Cl)c1. The topological polar surface area (TPSA) is 63.3 Å². The average molecular weight is 272 g/mol. The zero-order valence-electron chi connectivity index (χ0n) is 9.34. The Morgan fingerprint density at radius 2 is 2.41 bits per heavy atom. The van der Waals surface area contributed by atoms with Crippen LogP contribution in [-0.4, -0.2) is 10.2 Å². The van der Waals surface area contributed by atoms with Crippen LogP contribution in [0.15, 0.2) is 36.9 Å². The highest BCUT2D eigenvalue weighted by molar-refractivity contribution is 7.59. The van der Waals surface area contributed by atoms with Gasteiger partial charge in [0.05, 0.1) is 6.16 Å². The summed E-state index contributed by atoms with van der Waals surface area (Å²) in [6, 6.07) is 6.97. The fourth-order valence-corrected chi connectivity index (χ4v) is 4.32. The quantitative estimate of drug-likeness (QED) is 0.654. The van der Waals surface area contributed by atoms with Gasteiger partial charge in [-0.25, -0.2) is 0 Å². The highest BCUT2D eigenvalue weighted by Crippen LogP contribution is 2.69. The first-order chi connectivity index (χ1) is 7.89. The molecule has 0 heterocycles. The van der Waals surface area contributed by atoms with Gasteiger partial charge in [0.15, 0.2) is 0 Å². The Labute approximate surface area is 106 Å². The van der Waals surface area contributed by atoms with Gasteiger partial charge < -0.3 is 10.6 Å². The van der Waals surface area contributed by atoms with E-state index < -0.39 is 12.6 Å². The molecule has 1 aromatic rings. The first-order valence-corrected chi connectivity index (χ1v) is 7.59. The summed E-state index contributed by atoms with van der Waals surface area (Å²) in [4.78, 5) is 10.1. The second-order valence-electron chi connectivity index (χ2n) is 4.53. The lowest BCUT2D eigenvalue weighted by atomic mass is 10.2. The minimum absolute atomic E-state index is 0.0579. The van der Waals surface area contributed by atoms with Gasteiger partial charge in [-0.1, -0.05) is 29.8 Å². The van der Waals surface area contributed by atoms with E-state index in [1.54, 1.807) is 30.3 Å². The van der Waals surface area contributed by atoms with E-state index in [0.717, 1.165) is 5.56 Å². The summed E-state index contributed by atoms with van der Waals surface area (Å²) in [6.07, 6.45) is 2.25. The van der Waals surface area contributed by atoms with Crippen LogP contribution in [0.25, 0.3) is 0 Å². The van der Waals surface area contributed by atoms with Crippen LogP contribution < -0.4 is 5.73 Å². The normalized spacial score (nSPS) is 30.6. The third kappa shape index (κ3) is 2.34. The second-order valence-corrected chi connectivity index (χ2v) is 7.52. The van der Waals surface area contributed by atoms with Gasteiger partial charge in [0, 0.05) is 10.9 Å². The van der Waals surface area contributed by atoms with Gasteiger partial charge in [-0.3, -0.25) is 4.57 Å². The highest BCUT2D eigenvalue weighted by Gasteiger charge is 2.61. The fraction of sp³-hybridized carbons (Fsp3) is 0.333. The van der Waals surface area contributed by atoms with Gasteiger partial charge >= 0.3 is 0 Å². The molecule has 5 heteroatoms. The third-order valence-corrected chi connectivity index (χ3v) is 6.09. The van der Waals surface area contributed by atoms with E-state index in [9.17, 15) is 9.46 Å². The molecule has 3 N–H and O–H groups in total. The maximum atomic E-state index is 12.3. The maximum absolute atomic E-state index is 12.3. The lowest BCUT2D eigenvalue weighted by Crippen LogP contribution is -2.25. The van der Waals surface area contributed by atoms with Crippen LogP contribution in [-0.2, 0) is 10.7 Å². The number of hydrogen-bond acceptors (Lipinski definition) is 2. The molecule has 1 saturated carbocycles. The molecule has 1 aliphatic rings. The van der Waals surface area contributed by atoms with E-state index >= 15 is 0 Å². The Hall–Kier alpha value is -0.600. The molecule has 2 rings (SSSR count). The van der Waals surface area contributed by atoms with E-state index in [4.69, 9.17) is 17.3 Å². The smallest absolute Gasteiger partial charge is 0.224 e. The Morgan fingerprint density at radius 1 is 1.71 bits per heavy atom. The Balaban J connectivity index is 2.19. The van der Waals surface area contributed by atoms with Gasteiger partial charge in [-0.15, -0.1) is 6.58 Å². The molecule has 0 radical (unpaired) electrons. The van der Waals surface area contributed by atoms with E-state index in [2.05, 4.69) is 6.58 Å². The van der Waals surface area contributed by atoms with Gasteiger partial charge in [-0.2, -0.15) is 0 Å². The maximum Gasteiger partial charge on any atom is 0.224 e. The van der Waals surface area contributed by atoms with Crippen molar-refractivity contribution in [3.63, 3.8) is 0 Å². The van der Waals surface area contributed by atoms with Gasteiger partial charge in [0.2, 0.25) is 7.37 Å². The molecule has 1 aromatic carbocycles. The molecule has 0 aromatic heterocycles. The average Bonchev–Trinajstić information content (AvgIpc) is 2.91. The van der Waals surface area contributed by atoms with Crippen LogP contribution in [0, 0.1) is 5.92 Å². The van der Waals surface area contributed by atoms with Gasteiger partial charge in [-0.05, 0) is 24.1 Å². The van der Waals surface area contributed by atoms with Gasteiger partial charge in [0.1, 0.15) is 5.28 Å². The molecule has 3 unspecified atom stereocenters. The zero-order valence-corrected chi connectivity index (χ0v) is 11.0. The Bertz CT molecular complexity index is 505. The molecular formula is C12H15ClNO2P. The lowest BCUT2D eigenvalue weighted by Gasteiger charge is -2.19. The summed E-state index contributed by atoms with van der Waals surface area (Å²) in [6.45, 7) is 3.62. The standard InChI is InChI=1S/C12H15ClNO2P/c1-2-10-7-12(10,14)17(15,16)8-9-4-3-5-11(13)6-9/h2-6,10H,1,7-8,14H2,(H,15,16). The molecule has 0 bridgehead atoms. The van der Waals surface area contributed by atoms with Crippen molar-refractivity contribution in [1.29, 1.82) is 0 Å². The Kier molecular flexibility index (Phi) is 3.21. The molecule has 3 atom stereocenters. The van der Waals surface area contributed by atoms with Crippen molar-refractivity contribution in [1.82, 2.24) is 0 Å². The molecule has 17 heavy (non-hydrogen) atoms. The largest absolute Gasteiger partial charge is 0.343 e. The molecule has 1 aliphatic carbocycles. The van der Waals surface area contributed by atoms with E-state index in [1.807, 2.05) is 0 Å². The molecular weight excluding hydrogens is 257 g/mol. The number of rotatable bonds is 4. The predicted molar refractivity (Wildman–Crippen MR) is 70.2 cm³/mol. The highest BCUT2D eigenvalue weighted by atomic mass is 35.5. The number of hydrogen-bond donors (Lipinski definition) is 2. The second kappa shape index (κ2) is 4.25. The van der Waals surface area contributed by atoms with E-state index in [0.29, 0.717) is 11.4 Å². The van der Waals surface area contributed by atoms with Crippen LogP contribution in [0.1, 0.15) is 12.0 Å². The van der Waals surface area contributed by atoms with Crippen molar-refractivity contribution in [3.8, 4) is 0 Å². The third-order valence-electron chi connectivity index (χ3n) is 3.25. The molecule has 1 fully saturated rings. The lowest BCUT2D eigenvalue weighted by molar-refractivity contribution is 0.456. The van der Waals surface area contributed by atoms with Crippen LogP contribution in [0.3, 0.4) is 0 Å². The monoisotopic (exact) mass is 271 g/mol. The zero-order chi connectivity index (χ0) is 12.7. The van der Waals surface area contributed by atoms with E-state index in [-0.39, 0.29) is 12.1 Å². The fourth-order valence-electron chi connectivity index (χ4n) is 2.01. The number of nitrogens with two attached hydrogens (primary N) is 1.